The first-order valence-electron chi connectivity index (χ1n) is 6.86. The summed E-state index contributed by atoms with van der Waals surface area (Å²) >= 11 is 0. The van der Waals surface area contributed by atoms with E-state index in [9.17, 15) is 0 Å². The Labute approximate surface area is 111 Å². The van der Waals surface area contributed by atoms with Gasteiger partial charge < -0.3 is 10.6 Å². The van der Waals surface area contributed by atoms with Crippen molar-refractivity contribution in [3.8, 4) is 0 Å². The third-order valence-electron chi connectivity index (χ3n) is 4.09. The fourth-order valence-corrected chi connectivity index (χ4v) is 3.82. The molecule has 1 aromatic rings. The van der Waals surface area contributed by atoms with Crippen LogP contribution in [0.15, 0.2) is 24.3 Å². The van der Waals surface area contributed by atoms with Crippen LogP contribution in [-0.2, 0) is 0 Å². The van der Waals surface area contributed by atoms with E-state index in [2.05, 4.69) is 63.8 Å². The molecule has 0 bridgehead atoms. The average molecular weight is 246 g/mol. The Balaban J connectivity index is 2.49. The smallest absolute Gasteiger partial charge is 0.0404 e. The fraction of sp³-hybridized carbons (Fsp3) is 0.625. The predicted molar refractivity (Wildman–Crippen MR) is 79.0 cm³/mol. The molecule has 1 aliphatic rings. The van der Waals surface area contributed by atoms with E-state index < -0.39 is 0 Å². The van der Waals surface area contributed by atoms with E-state index >= 15 is 0 Å². The second-order valence-corrected chi connectivity index (χ2v) is 6.92. The molecule has 2 nitrogen and oxygen atoms in total. The van der Waals surface area contributed by atoms with Crippen LogP contribution in [0, 0.1) is 6.92 Å². The highest BCUT2D eigenvalue weighted by atomic mass is 15.3. The van der Waals surface area contributed by atoms with E-state index in [0.29, 0.717) is 6.04 Å². The summed E-state index contributed by atoms with van der Waals surface area (Å²) in [6.45, 7) is 11.4. The monoisotopic (exact) mass is 246 g/mol. The van der Waals surface area contributed by atoms with Crippen LogP contribution < -0.4 is 10.6 Å². The first kappa shape index (κ1) is 13.4. The highest BCUT2D eigenvalue weighted by Gasteiger charge is 2.44. The molecule has 1 saturated heterocycles. The number of benzene rings is 1. The van der Waals surface area contributed by atoms with Crippen LogP contribution in [0.5, 0.6) is 0 Å². The van der Waals surface area contributed by atoms with Gasteiger partial charge in [0.1, 0.15) is 0 Å². The van der Waals surface area contributed by atoms with Crippen molar-refractivity contribution < 1.29 is 0 Å². The van der Waals surface area contributed by atoms with E-state index in [4.69, 9.17) is 5.73 Å². The minimum absolute atomic E-state index is 0.104. The van der Waals surface area contributed by atoms with Crippen LogP contribution in [0.4, 0.5) is 5.69 Å². The van der Waals surface area contributed by atoms with Crippen LogP contribution in [0.3, 0.4) is 0 Å². The fourth-order valence-electron chi connectivity index (χ4n) is 3.82. The van der Waals surface area contributed by atoms with Gasteiger partial charge in [0.15, 0.2) is 0 Å². The molecule has 2 rings (SSSR count). The predicted octanol–water partition coefficient (Wildman–Crippen LogP) is 3.48. The number of piperidine rings is 1. The molecule has 1 aliphatic heterocycles. The van der Waals surface area contributed by atoms with Gasteiger partial charge in [0.05, 0.1) is 0 Å². The van der Waals surface area contributed by atoms with E-state index in [1.54, 1.807) is 0 Å². The number of anilines is 1. The van der Waals surface area contributed by atoms with Crippen molar-refractivity contribution in [1.29, 1.82) is 0 Å². The zero-order valence-corrected chi connectivity index (χ0v) is 12.3. The number of hydrogen-bond donors (Lipinski definition) is 1. The van der Waals surface area contributed by atoms with Gasteiger partial charge in [-0.05, 0) is 59.1 Å². The molecule has 0 aromatic heterocycles. The van der Waals surface area contributed by atoms with Gasteiger partial charge in [0.2, 0.25) is 0 Å². The maximum Gasteiger partial charge on any atom is 0.0404 e. The summed E-state index contributed by atoms with van der Waals surface area (Å²) in [6.07, 6.45) is 2.09. The summed E-state index contributed by atoms with van der Waals surface area (Å²) in [7, 11) is 0. The molecule has 2 heteroatoms. The van der Waals surface area contributed by atoms with Crippen molar-refractivity contribution in [3.05, 3.63) is 29.8 Å². The quantitative estimate of drug-likeness (QED) is 0.822. The van der Waals surface area contributed by atoms with Crippen molar-refractivity contribution in [2.24, 2.45) is 5.73 Å². The molecule has 1 aromatic carbocycles. The number of nitrogens with zero attached hydrogens (tertiary/aromatic N) is 1. The molecule has 0 spiro atoms. The van der Waals surface area contributed by atoms with Gasteiger partial charge in [-0.15, -0.1) is 0 Å². The number of para-hydroxylation sites is 1. The molecule has 2 N–H and O–H groups in total. The maximum absolute atomic E-state index is 6.24. The Morgan fingerprint density at radius 1 is 1.06 bits per heavy atom. The highest BCUT2D eigenvalue weighted by Crippen LogP contribution is 2.42. The van der Waals surface area contributed by atoms with E-state index in [-0.39, 0.29) is 11.1 Å². The maximum atomic E-state index is 6.24. The largest absolute Gasteiger partial charge is 0.361 e. The van der Waals surface area contributed by atoms with E-state index in [0.717, 1.165) is 12.8 Å². The Kier molecular flexibility index (Phi) is 3.18. The molecule has 1 heterocycles. The number of hydrogen-bond acceptors (Lipinski definition) is 2. The van der Waals surface area contributed by atoms with Crippen molar-refractivity contribution in [3.63, 3.8) is 0 Å². The molecule has 0 amide bonds. The SMILES string of the molecule is Cc1ccccc1N1C(C)(C)CC(N)CC1(C)C. The molecule has 0 aliphatic carbocycles. The van der Waals surface area contributed by atoms with Gasteiger partial charge in [0.25, 0.3) is 0 Å². The third-order valence-corrected chi connectivity index (χ3v) is 4.09. The van der Waals surface area contributed by atoms with E-state index in [1.165, 1.54) is 11.3 Å². The second kappa shape index (κ2) is 4.27. The lowest BCUT2D eigenvalue weighted by molar-refractivity contribution is 0.219. The third kappa shape index (κ3) is 2.26. The molecule has 0 saturated carbocycles. The van der Waals surface area contributed by atoms with Gasteiger partial charge in [0, 0.05) is 22.8 Å². The average Bonchev–Trinajstić information content (AvgIpc) is 2.16. The summed E-state index contributed by atoms with van der Waals surface area (Å²) in [4.78, 5) is 2.57. The van der Waals surface area contributed by atoms with Crippen molar-refractivity contribution in [2.45, 2.75) is 64.6 Å². The number of rotatable bonds is 1. The van der Waals surface area contributed by atoms with Crippen molar-refractivity contribution >= 4 is 5.69 Å². The first-order chi connectivity index (χ1) is 8.24. The van der Waals surface area contributed by atoms with E-state index in [1.807, 2.05) is 0 Å². The molecule has 1 fully saturated rings. The lowest BCUT2D eigenvalue weighted by Crippen LogP contribution is -2.63. The summed E-state index contributed by atoms with van der Waals surface area (Å²) < 4.78 is 0. The van der Waals surface area contributed by atoms with Gasteiger partial charge in [-0.2, -0.15) is 0 Å². The van der Waals surface area contributed by atoms with Crippen LogP contribution in [0.25, 0.3) is 0 Å². The van der Waals surface area contributed by atoms with Gasteiger partial charge in [-0.25, -0.2) is 0 Å². The Morgan fingerprint density at radius 2 is 1.56 bits per heavy atom. The number of aryl methyl sites for hydroxylation is 1. The Morgan fingerprint density at radius 3 is 2.06 bits per heavy atom. The second-order valence-electron chi connectivity index (χ2n) is 6.92. The molecule has 0 unspecified atom stereocenters. The lowest BCUT2D eigenvalue weighted by Gasteiger charge is -2.56. The topological polar surface area (TPSA) is 29.3 Å². The van der Waals surface area contributed by atoms with Crippen LogP contribution >= 0.6 is 0 Å². The summed E-state index contributed by atoms with van der Waals surface area (Å²) in [5.41, 5.74) is 9.13. The van der Waals surface area contributed by atoms with Gasteiger partial charge in [-0.3, -0.25) is 0 Å². The van der Waals surface area contributed by atoms with Gasteiger partial charge in [-0.1, -0.05) is 18.2 Å². The van der Waals surface area contributed by atoms with Crippen molar-refractivity contribution in [1.82, 2.24) is 0 Å². The zero-order chi connectivity index (χ0) is 13.6. The number of nitrogens with two attached hydrogens (primary N) is 1. The van der Waals surface area contributed by atoms with Crippen LogP contribution in [-0.4, -0.2) is 17.1 Å². The minimum atomic E-state index is 0.104. The lowest BCUT2D eigenvalue weighted by atomic mass is 9.76. The molecule has 18 heavy (non-hydrogen) atoms. The molecular formula is C16H26N2. The van der Waals surface area contributed by atoms with Crippen LogP contribution in [0.1, 0.15) is 46.1 Å². The highest BCUT2D eigenvalue weighted by molar-refractivity contribution is 5.57. The molecule has 0 radical (unpaired) electrons. The first-order valence-corrected chi connectivity index (χ1v) is 6.86. The zero-order valence-electron chi connectivity index (χ0n) is 12.3. The van der Waals surface area contributed by atoms with Crippen molar-refractivity contribution in [2.75, 3.05) is 4.90 Å². The van der Waals surface area contributed by atoms with Gasteiger partial charge >= 0.3 is 0 Å². The molecular weight excluding hydrogens is 220 g/mol. The Hall–Kier alpha value is -1.02. The summed E-state index contributed by atoms with van der Waals surface area (Å²) in [5.74, 6) is 0. The minimum Gasteiger partial charge on any atom is -0.361 e. The van der Waals surface area contributed by atoms with Crippen LogP contribution in [0.2, 0.25) is 0 Å². The molecule has 100 valence electrons. The Bertz CT molecular complexity index is 416. The normalized spacial score (nSPS) is 23.1. The standard InChI is InChI=1S/C16H26N2/c1-12-8-6-7-9-14(12)18-15(2,3)10-13(17)11-16(18,4)5/h6-9,13H,10-11,17H2,1-5H3. The molecule has 0 atom stereocenters. The summed E-state index contributed by atoms with van der Waals surface area (Å²) in [6, 6.07) is 8.96. The summed E-state index contributed by atoms with van der Waals surface area (Å²) in [5, 5.41) is 0.